The molecule has 4 rings (SSSR count). The second-order valence-electron chi connectivity index (χ2n) is 8.48. The van der Waals surface area contributed by atoms with Gasteiger partial charge in [0.2, 0.25) is 0 Å². The monoisotopic (exact) mass is 517 g/mol. The molecule has 1 atom stereocenters. The highest BCUT2D eigenvalue weighted by atomic mass is 16.6. The molecule has 0 saturated carbocycles. The van der Waals surface area contributed by atoms with E-state index in [0.29, 0.717) is 11.1 Å². The number of anilines is 1. The summed E-state index contributed by atoms with van der Waals surface area (Å²) in [5, 5.41) is 13.7. The number of amides is 3. The molecule has 0 saturated heterocycles. The van der Waals surface area contributed by atoms with Crippen LogP contribution in [0.1, 0.15) is 31.8 Å². The Kier molecular flexibility index (Phi) is 7.47. The largest absolute Gasteiger partial charge is 0.490 e. The molecule has 1 N–H and O–H groups in total. The van der Waals surface area contributed by atoms with Crippen LogP contribution in [0.3, 0.4) is 0 Å². The molecule has 0 aliphatic carbocycles. The Morgan fingerprint density at radius 1 is 1.00 bits per heavy atom. The van der Waals surface area contributed by atoms with Crippen molar-refractivity contribution in [2.45, 2.75) is 19.4 Å². The van der Waals surface area contributed by atoms with E-state index in [0.717, 1.165) is 4.90 Å². The standard InChI is InChI=1S/C27H23N3O8/c1-16-12-21(30(35)36)23(37-2)14-20(16)28-24(31)15-38-27(34)22(13-17-8-4-3-5-9-17)29-25(32)18-10-6-7-11-19(18)26(29)33/h3-12,14,22H,13,15H2,1-2H3,(H,28,31). The average Bonchev–Trinajstić information content (AvgIpc) is 3.17. The number of rotatable bonds is 9. The summed E-state index contributed by atoms with van der Waals surface area (Å²) < 4.78 is 10.3. The number of aryl methyl sites for hydroxylation is 1. The Morgan fingerprint density at radius 3 is 2.18 bits per heavy atom. The minimum absolute atomic E-state index is 0.00851. The fourth-order valence-corrected chi connectivity index (χ4v) is 4.14. The van der Waals surface area contributed by atoms with Gasteiger partial charge in [0, 0.05) is 24.2 Å². The van der Waals surface area contributed by atoms with Gasteiger partial charge in [-0.05, 0) is 30.2 Å². The molecule has 0 aromatic heterocycles. The van der Waals surface area contributed by atoms with E-state index in [4.69, 9.17) is 9.47 Å². The SMILES string of the molecule is COc1cc(NC(=O)COC(=O)C(Cc2ccccc2)N2C(=O)c3ccccc3C2=O)c(C)cc1[N+](=O)[O-]. The van der Waals surface area contributed by atoms with E-state index in [1.807, 2.05) is 0 Å². The summed E-state index contributed by atoms with van der Waals surface area (Å²) >= 11 is 0. The number of benzene rings is 3. The first-order valence-corrected chi connectivity index (χ1v) is 11.5. The summed E-state index contributed by atoms with van der Waals surface area (Å²) in [4.78, 5) is 63.3. The molecule has 0 fully saturated rings. The van der Waals surface area contributed by atoms with Crippen LogP contribution in [0.4, 0.5) is 11.4 Å². The molecule has 1 heterocycles. The first-order valence-electron chi connectivity index (χ1n) is 11.5. The Morgan fingerprint density at radius 2 is 1.61 bits per heavy atom. The molecule has 11 nitrogen and oxygen atoms in total. The lowest BCUT2D eigenvalue weighted by Crippen LogP contribution is -2.47. The number of hydrogen-bond acceptors (Lipinski definition) is 8. The van der Waals surface area contributed by atoms with Crippen molar-refractivity contribution in [1.82, 2.24) is 4.90 Å². The first kappa shape index (κ1) is 26.0. The maximum Gasteiger partial charge on any atom is 0.330 e. The van der Waals surface area contributed by atoms with Crippen molar-refractivity contribution in [1.29, 1.82) is 0 Å². The van der Waals surface area contributed by atoms with E-state index in [9.17, 15) is 29.3 Å². The molecule has 194 valence electrons. The van der Waals surface area contributed by atoms with Gasteiger partial charge in [-0.2, -0.15) is 0 Å². The second kappa shape index (κ2) is 10.9. The summed E-state index contributed by atoms with van der Waals surface area (Å²) in [6.45, 7) is 0.845. The van der Waals surface area contributed by atoms with Gasteiger partial charge in [0.1, 0.15) is 6.04 Å². The smallest absolute Gasteiger partial charge is 0.330 e. The average molecular weight is 517 g/mol. The van der Waals surface area contributed by atoms with Crippen LogP contribution in [0.15, 0.2) is 66.7 Å². The molecule has 3 amide bonds. The molecule has 1 unspecified atom stereocenters. The Bertz CT molecular complexity index is 1400. The van der Waals surface area contributed by atoms with Crippen molar-refractivity contribution in [3.05, 3.63) is 99.1 Å². The number of nitro groups is 1. The molecular weight excluding hydrogens is 494 g/mol. The first-order chi connectivity index (χ1) is 18.2. The van der Waals surface area contributed by atoms with E-state index in [1.165, 1.54) is 31.4 Å². The summed E-state index contributed by atoms with van der Waals surface area (Å²) in [7, 11) is 1.26. The van der Waals surface area contributed by atoms with E-state index in [2.05, 4.69) is 5.32 Å². The fraction of sp³-hybridized carbons (Fsp3) is 0.185. The molecule has 0 radical (unpaired) electrons. The number of carbonyl (C=O) groups is 4. The van der Waals surface area contributed by atoms with Crippen LogP contribution < -0.4 is 10.1 Å². The zero-order valence-electron chi connectivity index (χ0n) is 20.5. The zero-order chi connectivity index (χ0) is 27.4. The van der Waals surface area contributed by atoms with Crippen molar-refractivity contribution in [3.8, 4) is 5.75 Å². The molecule has 1 aliphatic heterocycles. The molecule has 3 aromatic carbocycles. The number of ether oxygens (including phenoxy) is 2. The van der Waals surface area contributed by atoms with Gasteiger partial charge in [0.05, 0.1) is 23.2 Å². The van der Waals surface area contributed by atoms with Gasteiger partial charge in [-0.25, -0.2) is 4.79 Å². The number of nitro benzene ring substituents is 1. The minimum Gasteiger partial charge on any atom is -0.490 e. The number of fused-ring (bicyclic) bond motifs is 1. The number of nitrogens with one attached hydrogen (secondary N) is 1. The van der Waals surface area contributed by atoms with Crippen LogP contribution in [0.2, 0.25) is 0 Å². The van der Waals surface area contributed by atoms with Gasteiger partial charge < -0.3 is 14.8 Å². The van der Waals surface area contributed by atoms with Gasteiger partial charge in [-0.3, -0.25) is 29.4 Å². The Labute approximate surface area is 217 Å². The van der Waals surface area contributed by atoms with Crippen molar-refractivity contribution in [2.24, 2.45) is 0 Å². The lowest BCUT2D eigenvalue weighted by molar-refractivity contribution is -0.385. The van der Waals surface area contributed by atoms with Crippen LogP contribution in [0, 0.1) is 17.0 Å². The van der Waals surface area contributed by atoms with Gasteiger partial charge in [0.15, 0.2) is 12.4 Å². The van der Waals surface area contributed by atoms with Crippen LogP contribution >= 0.6 is 0 Å². The predicted octanol–water partition coefficient (Wildman–Crippen LogP) is 3.30. The third-order valence-electron chi connectivity index (χ3n) is 6.02. The molecule has 0 bridgehead atoms. The lowest BCUT2D eigenvalue weighted by Gasteiger charge is -2.24. The van der Waals surface area contributed by atoms with Gasteiger partial charge in [-0.15, -0.1) is 0 Å². The zero-order valence-corrected chi connectivity index (χ0v) is 20.5. The van der Waals surface area contributed by atoms with Crippen LogP contribution in [-0.2, 0) is 20.7 Å². The number of methoxy groups -OCH3 is 1. The molecule has 38 heavy (non-hydrogen) atoms. The van der Waals surface area contributed by atoms with Crippen molar-refractivity contribution in [3.63, 3.8) is 0 Å². The fourth-order valence-electron chi connectivity index (χ4n) is 4.14. The quantitative estimate of drug-likeness (QED) is 0.197. The third kappa shape index (κ3) is 5.21. The van der Waals surface area contributed by atoms with E-state index >= 15 is 0 Å². The summed E-state index contributed by atoms with van der Waals surface area (Å²) in [5.41, 5.74) is 1.41. The van der Waals surface area contributed by atoms with E-state index in [1.54, 1.807) is 49.4 Å². The van der Waals surface area contributed by atoms with Crippen LogP contribution in [-0.4, -0.2) is 53.3 Å². The maximum absolute atomic E-state index is 13.2. The molecular formula is C27H23N3O8. The van der Waals surface area contributed by atoms with Crippen LogP contribution in [0.5, 0.6) is 5.75 Å². The van der Waals surface area contributed by atoms with Gasteiger partial charge in [-0.1, -0.05) is 42.5 Å². The number of carbonyl (C=O) groups excluding carboxylic acids is 4. The normalized spacial score (nSPS) is 13.1. The number of hydrogen-bond donors (Lipinski definition) is 1. The number of esters is 1. The molecule has 0 spiro atoms. The lowest BCUT2D eigenvalue weighted by atomic mass is 10.0. The minimum atomic E-state index is -1.31. The topological polar surface area (TPSA) is 145 Å². The second-order valence-corrected chi connectivity index (χ2v) is 8.48. The highest BCUT2D eigenvalue weighted by Gasteiger charge is 2.43. The summed E-state index contributed by atoms with van der Waals surface area (Å²) in [6.07, 6.45) is -0.00851. The predicted molar refractivity (Wildman–Crippen MR) is 135 cm³/mol. The summed E-state index contributed by atoms with van der Waals surface area (Å²) in [5.74, 6) is -2.96. The summed E-state index contributed by atoms with van der Waals surface area (Å²) in [6, 6.07) is 16.3. The third-order valence-corrected chi connectivity index (χ3v) is 6.02. The highest BCUT2D eigenvalue weighted by Crippen LogP contribution is 2.33. The van der Waals surface area contributed by atoms with E-state index < -0.39 is 41.3 Å². The molecule has 11 heteroatoms. The van der Waals surface area contributed by atoms with Crippen molar-refractivity contribution < 1.29 is 33.6 Å². The molecule has 1 aliphatic rings. The number of imide groups is 1. The van der Waals surface area contributed by atoms with Crippen LogP contribution in [0.25, 0.3) is 0 Å². The Hall–Kier alpha value is -5.06. The molecule has 3 aromatic rings. The Balaban J connectivity index is 1.51. The maximum atomic E-state index is 13.2. The van der Waals surface area contributed by atoms with Crippen molar-refractivity contribution in [2.75, 3.05) is 19.0 Å². The number of nitrogens with zero attached hydrogens (tertiary/aromatic N) is 2. The van der Waals surface area contributed by atoms with Crippen molar-refractivity contribution >= 4 is 35.1 Å². The highest BCUT2D eigenvalue weighted by molar-refractivity contribution is 6.22. The van der Waals surface area contributed by atoms with Gasteiger partial charge in [0.25, 0.3) is 17.7 Å². The van der Waals surface area contributed by atoms with Gasteiger partial charge >= 0.3 is 11.7 Å². The van der Waals surface area contributed by atoms with E-state index in [-0.39, 0.29) is 34.7 Å².